The van der Waals surface area contributed by atoms with Crippen molar-refractivity contribution in [1.29, 1.82) is 0 Å². The molecule has 0 amide bonds. The van der Waals surface area contributed by atoms with Crippen molar-refractivity contribution in [2.45, 2.75) is 24.5 Å². The Balaban J connectivity index is 1.56. The Morgan fingerprint density at radius 1 is 1.09 bits per heavy atom. The lowest BCUT2D eigenvalue weighted by Gasteiger charge is -2.26. The summed E-state index contributed by atoms with van der Waals surface area (Å²) in [5.74, 6) is 1.35. The van der Waals surface area contributed by atoms with Gasteiger partial charge >= 0.3 is 5.97 Å². The second-order valence-corrected chi connectivity index (χ2v) is 9.09. The van der Waals surface area contributed by atoms with Gasteiger partial charge in [-0.25, -0.2) is 4.79 Å². The Hall–Kier alpha value is -2.92. The number of aliphatic carboxylic acids is 1. The number of piperidine rings is 1. The third-order valence-corrected chi connectivity index (χ3v) is 6.44. The van der Waals surface area contributed by atoms with Gasteiger partial charge in [-0.3, -0.25) is 0 Å². The van der Waals surface area contributed by atoms with Crippen LogP contribution in [0.3, 0.4) is 0 Å². The molecule has 0 aliphatic carbocycles. The zero-order valence-electron chi connectivity index (χ0n) is 18.0. The van der Waals surface area contributed by atoms with Gasteiger partial charge in [0, 0.05) is 36.9 Å². The highest BCUT2D eigenvalue weighted by atomic mass is 79.9. The molecule has 1 saturated heterocycles. The minimum absolute atomic E-state index is 0.0140. The van der Waals surface area contributed by atoms with Gasteiger partial charge in [0.15, 0.2) is 0 Å². The van der Waals surface area contributed by atoms with E-state index in [-0.39, 0.29) is 16.0 Å². The summed E-state index contributed by atoms with van der Waals surface area (Å²) in [6.45, 7) is 1.82. The van der Waals surface area contributed by atoms with Crippen LogP contribution in [0.25, 0.3) is 17.5 Å². The minimum Gasteiger partial charge on any atom is -0.497 e. The van der Waals surface area contributed by atoms with E-state index in [4.69, 9.17) is 18.3 Å². The number of nitrogens with zero attached hydrogens (tertiary/aromatic N) is 3. The molecule has 33 heavy (non-hydrogen) atoms. The van der Waals surface area contributed by atoms with Gasteiger partial charge in [-0.05, 0) is 59.1 Å². The Morgan fingerprint density at radius 2 is 1.79 bits per heavy atom. The van der Waals surface area contributed by atoms with Crippen LogP contribution in [0.4, 0.5) is 5.88 Å². The average molecular weight is 536 g/mol. The molecule has 4 rings (SSSR count). The molecule has 0 atom stereocenters. The van der Waals surface area contributed by atoms with Crippen molar-refractivity contribution in [3.05, 3.63) is 39.4 Å². The number of furan rings is 1. The van der Waals surface area contributed by atoms with Crippen LogP contribution in [-0.2, 0) is 4.79 Å². The van der Waals surface area contributed by atoms with Crippen LogP contribution in [0.1, 0.15) is 25.0 Å². The molecule has 0 unspecified atom stereocenters. The monoisotopic (exact) mass is 535 g/mol. The van der Waals surface area contributed by atoms with Crippen LogP contribution in [0, 0.1) is 0 Å². The molecule has 1 aromatic carbocycles. The summed E-state index contributed by atoms with van der Waals surface area (Å²) < 4.78 is 22.9. The number of rotatable bonds is 8. The number of carboxylic acid groups (broad SMARTS) is 1. The summed E-state index contributed by atoms with van der Waals surface area (Å²) in [4.78, 5) is 14.0. The molecule has 3 heterocycles. The molecule has 1 fully saturated rings. The first-order valence-electron chi connectivity index (χ1n) is 10.2. The fourth-order valence-electron chi connectivity index (χ4n) is 3.42. The van der Waals surface area contributed by atoms with E-state index in [0.717, 1.165) is 42.2 Å². The predicted octanol–water partition coefficient (Wildman–Crippen LogP) is 5.32. The molecule has 11 heteroatoms. The van der Waals surface area contributed by atoms with Crippen LogP contribution in [0.5, 0.6) is 11.5 Å². The lowest BCUT2D eigenvalue weighted by atomic mass is 10.1. The Bertz CT molecular complexity index is 1150. The molecule has 2 aromatic heterocycles. The zero-order chi connectivity index (χ0) is 23.4. The number of halogens is 1. The van der Waals surface area contributed by atoms with Crippen molar-refractivity contribution in [1.82, 2.24) is 10.2 Å². The second kappa shape index (κ2) is 10.3. The quantitative estimate of drug-likeness (QED) is 0.300. The standard InChI is InChI=1S/C22H22BrN3O6S/c1-29-14-8-13(9-15(10-14)30-2)19-24-25-22(32-19)33-18(21(27)28)12-16-11-17(23)20(31-16)26-6-4-3-5-7-26/h8-12H,3-7H2,1-2H3,(H,27,28)/b18-12-. The number of anilines is 1. The number of methoxy groups -OCH3 is 2. The number of hydrogen-bond acceptors (Lipinski definition) is 9. The Labute approximate surface area is 202 Å². The van der Waals surface area contributed by atoms with E-state index in [0.29, 0.717) is 28.7 Å². The van der Waals surface area contributed by atoms with E-state index in [2.05, 4.69) is 31.0 Å². The number of thioether (sulfide) groups is 1. The maximum atomic E-state index is 11.9. The number of hydrogen-bond donors (Lipinski definition) is 1. The van der Waals surface area contributed by atoms with Gasteiger partial charge in [-0.1, -0.05) is 0 Å². The van der Waals surface area contributed by atoms with Gasteiger partial charge < -0.3 is 28.3 Å². The lowest BCUT2D eigenvalue weighted by molar-refractivity contribution is -0.131. The molecule has 1 aliphatic heterocycles. The third-order valence-electron chi connectivity index (χ3n) is 5.02. The Kier molecular flexibility index (Phi) is 7.29. The first-order chi connectivity index (χ1) is 16.0. The van der Waals surface area contributed by atoms with E-state index in [1.165, 1.54) is 12.5 Å². The maximum absolute atomic E-state index is 11.9. The van der Waals surface area contributed by atoms with Crippen LogP contribution in [0.15, 0.2) is 47.7 Å². The summed E-state index contributed by atoms with van der Waals surface area (Å²) in [5, 5.41) is 17.8. The summed E-state index contributed by atoms with van der Waals surface area (Å²) in [7, 11) is 3.09. The van der Waals surface area contributed by atoms with Gasteiger partial charge in [0.2, 0.25) is 11.8 Å². The fraction of sp³-hybridized carbons (Fsp3) is 0.318. The van der Waals surface area contributed by atoms with Gasteiger partial charge in [-0.2, -0.15) is 0 Å². The van der Waals surface area contributed by atoms with Crippen molar-refractivity contribution in [2.24, 2.45) is 0 Å². The largest absolute Gasteiger partial charge is 0.497 e. The molecule has 1 aliphatic rings. The van der Waals surface area contributed by atoms with Crippen molar-refractivity contribution >= 4 is 45.6 Å². The zero-order valence-corrected chi connectivity index (χ0v) is 20.4. The number of carboxylic acids is 1. The lowest BCUT2D eigenvalue weighted by Crippen LogP contribution is -2.29. The second-order valence-electron chi connectivity index (χ2n) is 7.24. The van der Waals surface area contributed by atoms with Gasteiger partial charge in [0.25, 0.3) is 5.22 Å². The summed E-state index contributed by atoms with van der Waals surface area (Å²) in [5.41, 5.74) is 0.590. The van der Waals surface area contributed by atoms with Crippen molar-refractivity contribution in [3.8, 4) is 23.0 Å². The molecular formula is C22H22BrN3O6S. The van der Waals surface area contributed by atoms with Gasteiger partial charge in [0.05, 0.1) is 18.7 Å². The molecule has 3 aromatic rings. The van der Waals surface area contributed by atoms with E-state index in [9.17, 15) is 9.90 Å². The molecule has 0 saturated carbocycles. The smallest absolute Gasteiger partial charge is 0.342 e. The molecular weight excluding hydrogens is 514 g/mol. The van der Waals surface area contributed by atoms with Crippen LogP contribution in [-0.4, -0.2) is 48.6 Å². The maximum Gasteiger partial charge on any atom is 0.342 e. The van der Waals surface area contributed by atoms with Crippen LogP contribution >= 0.6 is 27.7 Å². The molecule has 0 spiro atoms. The predicted molar refractivity (Wildman–Crippen MR) is 127 cm³/mol. The normalized spacial score (nSPS) is 14.4. The molecule has 0 radical (unpaired) electrons. The summed E-state index contributed by atoms with van der Waals surface area (Å²) >= 11 is 4.37. The number of carbonyl (C=O) groups is 1. The van der Waals surface area contributed by atoms with Crippen molar-refractivity contribution < 1.29 is 28.2 Å². The van der Waals surface area contributed by atoms with E-state index < -0.39 is 5.97 Å². The highest BCUT2D eigenvalue weighted by molar-refractivity contribution is 9.10. The molecule has 174 valence electrons. The first kappa shape index (κ1) is 23.2. The summed E-state index contributed by atoms with van der Waals surface area (Å²) in [6.07, 6.45) is 4.86. The molecule has 0 bridgehead atoms. The first-order valence-corrected chi connectivity index (χ1v) is 11.8. The van der Waals surface area contributed by atoms with Gasteiger partial charge in [-0.15, -0.1) is 10.2 Å². The highest BCUT2D eigenvalue weighted by Crippen LogP contribution is 2.36. The highest BCUT2D eigenvalue weighted by Gasteiger charge is 2.21. The Morgan fingerprint density at radius 3 is 2.42 bits per heavy atom. The molecule has 1 N–H and O–H groups in total. The SMILES string of the molecule is COc1cc(OC)cc(-c2nnc(S/C(=C\c3cc(Br)c(N4CCCCC4)o3)C(=O)O)o2)c1. The van der Waals surface area contributed by atoms with Gasteiger partial charge in [0.1, 0.15) is 22.2 Å². The van der Waals surface area contributed by atoms with Crippen molar-refractivity contribution in [2.75, 3.05) is 32.2 Å². The van der Waals surface area contributed by atoms with E-state index in [1.54, 1.807) is 38.5 Å². The van der Waals surface area contributed by atoms with E-state index in [1.807, 2.05) is 0 Å². The van der Waals surface area contributed by atoms with Crippen LogP contribution < -0.4 is 14.4 Å². The number of aromatic nitrogens is 2. The van der Waals surface area contributed by atoms with Crippen LogP contribution in [0.2, 0.25) is 0 Å². The summed E-state index contributed by atoms with van der Waals surface area (Å²) in [6, 6.07) is 6.93. The topological polar surface area (TPSA) is 111 Å². The number of ether oxygens (including phenoxy) is 2. The third kappa shape index (κ3) is 5.53. The van der Waals surface area contributed by atoms with Crippen molar-refractivity contribution in [3.63, 3.8) is 0 Å². The van der Waals surface area contributed by atoms with E-state index >= 15 is 0 Å². The minimum atomic E-state index is -1.13. The fourth-order valence-corrected chi connectivity index (χ4v) is 4.63. The molecule has 9 nitrogen and oxygen atoms in total. The average Bonchev–Trinajstić information content (AvgIpc) is 3.45. The number of benzene rings is 1.